The van der Waals surface area contributed by atoms with Gasteiger partial charge >= 0.3 is 5.97 Å². The maximum Gasteiger partial charge on any atom is 0.310 e. The first kappa shape index (κ1) is 12.9. The Balaban J connectivity index is 3.94. The van der Waals surface area contributed by atoms with E-state index >= 15 is 0 Å². The fourth-order valence-corrected chi connectivity index (χ4v) is 0.738. The average Bonchev–Trinajstić information content (AvgIpc) is 1.99. The van der Waals surface area contributed by atoms with Crippen molar-refractivity contribution in [2.24, 2.45) is 5.41 Å². The molecule has 5 nitrogen and oxygen atoms in total. The van der Waals surface area contributed by atoms with E-state index in [1.807, 2.05) is 0 Å². The van der Waals surface area contributed by atoms with E-state index in [1.165, 1.54) is 0 Å². The quantitative estimate of drug-likeness (QED) is 0.646. The summed E-state index contributed by atoms with van der Waals surface area (Å²) in [5.41, 5.74) is -0.915. The molecule has 82 valence electrons. The van der Waals surface area contributed by atoms with Crippen molar-refractivity contribution in [1.29, 1.82) is 0 Å². The molecule has 0 saturated heterocycles. The van der Waals surface area contributed by atoms with E-state index in [4.69, 9.17) is 5.11 Å². The summed E-state index contributed by atoms with van der Waals surface area (Å²) in [4.78, 5) is 23.6. The van der Waals surface area contributed by atoms with Crippen LogP contribution < -0.4 is 5.32 Å². The van der Waals surface area contributed by atoms with Crippen molar-refractivity contribution in [2.75, 3.05) is 27.2 Å². The van der Waals surface area contributed by atoms with Gasteiger partial charge in [0, 0.05) is 6.54 Å². The topological polar surface area (TPSA) is 69.6 Å². The summed E-state index contributed by atoms with van der Waals surface area (Å²) in [6.07, 6.45) is 0. The molecule has 5 heteroatoms. The van der Waals surface area contributed by atoms with Gasteiger partial charge in [-0.3, -0.25) is 9.59 Å². The fourth-order valence-electron chi connectivity index (χ4n) is 0.738. The second kappa shape index (κ2) is 4.95. The first-order valence-corrected chi connectivity index (χ1v) is 4.40. The number of nitrogens with zero attached hydrogens (tertiary/aromatic N) is 1. The van der Waals surface area contributed by atoms with Crippen molar-refractivity contribution in [1.82, 2.24) is 10.2 Å². The highest BCUT2D eigenvalue weighted by Gasteiger charge is 2.27. The maximum absolute atomic E-state index is 11.2. The summed E-state index contributed by atoms with van der Waals surface area (Å²) >= 11 is 0. The number of carbonyl (C=O) groups is 2. The Bertz CT molecular complexity index is 224. The van der Waals surface area contributed by atoms with Crippen LogP contribution in [-0.2, 0) is 9.59 Å². The zero-order valence-corrected chi connectivity index (χ0v) is 9.13. The van der Waals surface area contributed by atoms with E-state index in [2.05, 4.69) is 5.32 Å². The van der Waals surface area contributed by atoms with Crippen LogP contribution in [0.4, 0.5) is 0 Å². The Morgan fingerprint density at radius 2 is 1.86 bits per heavy atom. The van der Waals surface area contributed by atoms with Crippen molar-refractivity contribution in [3.8, 4) is 0 Å². The monoisotopic (exact) mass is 202 g/mol. The summed E-state index contributed by atoms with van der Waals surface area (Å²) in [5, 5.41) is 11.3. The molecule has 0 fully saturated rings. The number of amides is 1. The van der Waals surface area contributed by atoms with Crippen molar-refractivity contribution in [2.45, 2.75) is 13.8 Å². The van der Waals surface area contributed by atoms with Gasteiger partial charge < -0.3 is 15.3 Å². The molecule has 0 aliphatic rings. The predicted molar refractivity (Wildman–Crippen MR) is 53.0 cm³/mol. The molecule has 0 heterocycles. The van der Waals surface area contributed by atoms with Gasteiger partial charge in [-0.2, -0.15) is 0 Å². The number of nitrogens with one attached hydrogen (secondary N) is 1. The van der Waals surface area contributed by atoms with Crippen LogP contribution in [0.15, 0.2) is 0 Å². The molecule has 0 aromatic heterocycles. The first-order valence-electron chi connectivity index (χ1n) is 4.40. The summed E-state index contributed by atoms with van der Waals surface area (Å²) < 4.78 is 0. The van der Waals surface area contributed by atoms with Gasteiger partial charge in [0.2, 0.25) is 5.91 Å². The Hall–Kier alpha value is -1.10. The lowest BCUT2D eigenvalue weighted by atomic mass is 9.94. The van der Waals surface area contributed by atoms with Gasteiger partial charge in [-0.05, 0) is 27.9 Å². The average molecular weight is 202 g/mol. The largest absolute Gasteiger partial charge is 0.481 e. The third-order valence-electron chi connectivity index (χ3n) is 1.77. The highest BCUT2D eigenvalue weighted by molar-refractivity contribution is 5.79. The van der Waals surface area contributed by atoms with Gasteiger partial charge in [0.1, 0.15) is 0 Å². The summed E-state index contributed by atoms with van der Waals surface area (Å²) in [6.45, 7) is 3.57. The lowest BCUT2D eigenvalue weighted by Gasteiger charge is -2.20. The van der Waals surface area contributed by atoms with Gasteiger partial charge in [0.15, 0.2) is 0 Å². The smallest absolute Gasteiger partial charge is 0.310 e. The van der Waals surface area contributed by atoms with Crippen LogP contribution in [0.3, 0.4) is 0 Å². The highest BCUT2D eigenvalue weighted by atomic mass is 16.4. The van der Waals surface area contributed by atoms with Crippen LogP contribution in [0.2, 0.25) is 0 Å². The number of hydrogen-bond donors (Lipinski definition) is 2. The maximum atomic E-state index is 11.2. The molecule has 0 bridgehead atoms. The number of carbonyl (C=O) groups excluding carboxylic acids is 1. The Morgan fingerprint density at radius 3 is 2.21 bits per heavy atom. The summed E-state index contributed by atoms with van der Waals surface area (Å²) in [7, 11) is 3.56. The van der Waals surface area contributed by atoms with E-state index < -0.39 is 11.4 Å². The molecule has 0 radical (unpaired) electrons. The van der Waals surface area contributed by atoms with Crippen LogP contribution in [0.25, 0.3) is 0 Å². The lowest BCUT2D eigenvalue weighted by molar-refractivity contribution is -0.146. The van der Waals surface area contributed by atoms with Gasteiger partial charge in [-0.25, -0.2) is 0 Å². The van der Waals surface area contributed by atoms with Crippen molar-refractivity contribution >= 4 is 11.9 Å². The van der Waals surface area contributed by atoms with Crippen molar-refractivity contribution in [3.63, 3.8) is 0 Å². The Labute approximate surface area is 84.1 Å². The minimum atomic E-state index is -0.915. The van der Waals surface area contributed by atoms with Crippen molar-refractivity contribution in [3.05, 3.63) is 0 Å². The Morgan fingerprint density at radius 1 is 1.36 bits per heavy atom. The van der Waals surface area contributed by atoms with Crippen LogP contribution in [0.1, 0.15) is 13.8 Å². The Kier molecular flexibility index (Phi) is 4.56. The number of likely N-dealkylation sites (N-methyl/N-ethyl adjacent to an activating group) is 1. The van der Waals surface area contributed by atoms with E-state index in [9.17, 15) is 9.59 Å². The molecular weight excluding hydrogens is 184 g/mol. The number of rotatable bonds is 5. The van der Waals surface area contributed by atoms with Gasteiger partial charge in [-0.1, -0.05) is 0 Å². The standard InChI is InChI=1S/C9H18N2O3/c1-9(2,8(13)14)6-10-7(12)5-11(3)4/h5-6H2,1-4H3,(H,10,12)(H,13,14). The van der Waals surface area contributed by atoms with E-state index in [0.29, 0.717) is 0 Å². The second-order valence-corrected chi connectivity index (χ2v) is 4.20. The minimum absolute atomic E-state index is 0.148. The fraction of sp³-hybridized carbons (Fsp3) is 0.778. The SMILES string of the molecule is CN(C)CC(=O)NCC(C)(C)C(=O)O. The number of aliphatic carboxylic acids is 1. The predicted octanol–water partition coefficient (Wildman–Crippen LogP) is -0.225. The summed E-state index contributed by atoms with van der Waals surface area (Å²) in [5.74, 6) is -1.08. The molecule has 14 heavy (non-hydrogen) atoms. The molecule has 0 spiro atoms. The zero-order valence-electron chi connectivity index (χ0n) is 9.13. The molecule has 0 saturated carbocycles. The molecule has 1 amide bonds. The minimum Gasteiger partial charge on any atom is -0.481 e. The molecule has 2 N–H and O–H groups in total. The van der Waals surface area contributed by atoms with E-state index in [-0.39, 0.29) is 19.0 Å². The highest BCUT2D eigenvalue weighted by Crippen LogP contribution is 2.12. The van der Waals surface area contributed by atoms with Crippen molar-refractivity contribution < 1.29 is 14.7 Å². The normalized spacial score (nSPS) is 11.5. The van der Waals surface area contributed by atoms with Crippen LogP contribution >= 0.6 is 0 Å². The zero-order chi connectivity index (χ0) is 11.4. The summed E-state index contributed by atoms with van der Waals surface area (Å²) in [6, 6.07) is 0. The third kappa shape index (κ3) is 4.81. The molecule has 0 aromatic carbocycles. The van der Waals surface area contributed by atoms with E-state index in [1.54, 1.807) is 32.8 Å². The first-order chi connectivity index (χ1) is 6.25. The van der Waals surface area contributed by atoms with Gasteiger partial charge in [-0.15, -0.1) is 0 Å². The van der Waals surface area contributed by atoms with Crippen LogP contribution in [0.5, 0.6) is 0 Å². The van der Waals surface area contributed by atoms with E-state index in [0.717, 1.165) is 0 Å². The molecule has 0 unspecified atom stereocenters. The van der Waals surface area contributed by atoms with Crippen LogP contribution in [-0.4, -0.2) is 49.1 Å². The number of carboxylic acid groups (broad SMARTS) is 1. The number of hydrogen-bond acceptors (Lipinski definition) is 3. The second-order valence-electron chi connectivity index (χ2n) is 4.20. The lowest BCUT2D eigenvalue weighted by Crippen LogP contribution is -2.42. The molecule has 0 aliphatic heterocycles. The molecule has 0 aromatic rings. The molecule has 0 atom stereocenters. The molecule has 0 rings (SSSR count). The molecular formula is C9H18N2O3. The number of carboxylic acids is 1. The molecule has 0 aliphatic carbocycles. The van der Waals surface area contributed by atoms with Gasteiger partial charge in [0.25, 0.3) is 0 Å². The third-order valence-corrected chi connectivity index (χ3v) is 1.77. The van der Waals surface area contributed by atoms with Gasteiger partial charge in [0.05, 0.1) is 12.0 Å². The van der Waals surface area contributed by atoms with Crippen LogP contribution in [0, 0.1) is 5.41 Å².